The SMILES string of the molecule is CCNCC1CCN(C(=O)CCOc2cccc(C(N)=O)c2)CC1. The molecule has 132 valence electrons. The van der Waals surface area contributed by atoms with Crippen molar-refractivity contribution in [3.8, 4) is 5.75 Å². The van der Waals surface area contributed by atoms with Crippen molar-refractivity contribution in [3.05, 3.63) is 29.8 Å². The minimum Gasteiger partial charge on any atom is -0.493 e. The van der Waals surface area contributed by atoms with Gasteiger partial charge in [-0.05, 0) is 50.0 Å². The Labute approximate surface area is 143 Å². The summed E-state index contributed by atoms with van der Waals surface area (Å²) in [5.41, 5.74) is 5.64. The number of rotatable bonds is 8. The van der Waals surface area contributed by atoms with Crippen LogP contribution >= 0.6 is 0 Å². The smallest absolute Gasteiger partial charge is 0.248 e. The first-order valence-corrected chi connectivity index (χ1v) is 8.61. The van der Waals surface area contributed by atoms with Gasteiger partial charge in [-0.3, -0.25) is 9.59 Å². The van der Waals surface area contributed by atoms with Gasteiger partial charge in [0.25, 0.3) is 0 Å². The van der Waals surface area contributed by atoms with Crippen molar-refractivity contribution in [3.63, 3.8) is 0 Å². The number of amides is 2. The molecule has 0 spiro atoms. The summed E-state index contributed by atoms with van der Waals surface area (Å²) in [5, 5.41) is 3.37. The first-order valence-electron chi connectivity index (χ1n) is 8.61. The van der Waals surface area contributed by atoms with Crippen LogP contribution in [0.2, 0.25) is 0 Å². The van der Waals surface area contributed by atoms with E-state index in [4.69, 9.17) is 10.5 Å². The number of nitrogens with one attached hydrogen (secondary N) is 1. The summed E-state index contributed by atoms with van der Waals surface area (Å²) in [7, 11) is 0. The number of benzene rings is 1. The maximum absolute atomic E-state index is 12.2. The van der Waals surface area contributed by atoms with Crippen molar-refractivity contribution in [1.82, 2.24) is 10.2 Å². The fourth-order valence-corrected chi connectivity index (χ4v) is 2.89. The highest BCUT2D eigenvalue weighted by atomic mass is 16.5. The average Bonchev–Trinajstić information content (AvgIpc) is 2.60. The summed E-state index contributed by atoms with van der Waals surface area (Å²) < 4.78 is 5.57. The Morgan fingerprint density at radius 3 is 2.75 bits per heavy atom. The molecule has 0 bridgehead atoms. The molecule has 0 aliphatic carbocycles. The summed E-state index contributed by atoms with van der Waals surface area (Å²) in [5.74, 6) is 0.866. The van der Waals surface area contributed by atoms with Crippen LogP contribution in [0.15, 0.2) is 24.3 Å². The van der Waals surface area contributed by atoms with Crippen molar-refractivity contribution in [1.29, 1.82) is 0 Å². The van der Waals surface area contributed by atoms with Gasteiger partial charge in [0.05, 0.1) is 13.0 Å². The molecule has 1 aliphatic heterocycles. The van der Waals surface area contributed by atoms with Gasteiger partial charge in [-0.2, -0.15) is 0 Å². The normalized spacial score (nSPS) is 15.3. The fraction of sp³-hybridized carbons (Fsp3) is 0.556. The van der Waals surface area contributed by atoms with E-state index < -0.39 is 5.91 Å². The van der Waals surface area contributed by atoms with Gasteiger partial charge in [-0.15, -0.1) is 0 Å². The lowest BCUT2D eigenvalue weighted by Crippen LogP contribution is -2.41. The highest BCUT2D eigenvalue weighted by Gasteiger charge is 2.22. The fourth-order valence-electron chi connectivity index (χ4n) is 2.89. The van der Waals surface area contributed by atoms with Crippen LogP contribution in [0.4, 0.5) is 0 Å². The van der Waals surface area contributed by atoms with Crippen LogP contribution in [0.25, 0.3) is 0 Å². The predicted octanol–water partition coefficient (Wildman–Crippen LogP) is 1.40. The Morgan fingerprint density at radius 1 is 1.33 bits per heavy atom. The van der Waals surface area contributed by atoms with E-state index >= 15 is 0 Å². The lowest BCUT2D eigenvalue weighted by atomic mass is 9.96. The van der Waals surface area contributed by atoms with E-state index in [2.05, 4.69) is 12.2 Å². The number of hydrogen-bond acceptors (Lipinski definition) is 4. The number of carbonyl (C=O) groups is 2. The van der Waals surface area contributed by atoms with Crippen LogP contribution in [0.3, 0.4) is 0 Å². The van der Waals surface area contributed by atoms with Gasteiger partial charge in [0.1, 0.15) is 5.75 Å². The molecule has 1 heterocycles. The van der Waals surface area contributed by atoms with Gasteiger partial charge in [0.15, 0.2) is 0 Å². The Bertz CT molecular complexity index is 554. The Hall–Kier alpha value is -2.08. The quantitative estimate of drug-likeness (QED) is 0.753. The highest BCUT2D eigenvalue weighted by molar-refractivity contribution is 5.93. The monoisotopic (exact) mass is 333 g/mol. The van der Waals surface area contributed by atoms with E-state index in [9.17, 15) is 9.59 Å². The molecule has 1 aromatic rings. The van der Waals surface area contributed by atoms with Crippen LogP contribution in [-0.4, -0.2) is 49.5 Å². The predicted molar refractivity (Wildman–Crippen MR) is 92.9 cm³/mol. The van der Waals surface area contributed by atoms with Crippen molar-refractivity contribution >= 4 is 11.8 Å². The summed E-state index contributed by atoms with van der Waals surface area (Å²) in [6.45, 7) is 6.10. The Morgan fingerprint density at radius 2 is 2.08 bits per heavy atom. The number of primary amides is 1. The standard InChI is InChI=1S/C18H27N3O3/c1-2-20-13-14-6-9-21(10-7-14)17(22)8-11-24-16-5-3-4-15(12-16)18(19)23/h3-5,12,14,20H,2,6-11,13H2,1H3,(H2,19,23). The minimum atomic E-state index is -0.489. The molecule has 2 rings (SSSR count). The topological polar surface area (TPSA) is 84.7 Å². The van der Waals surface area contributed by atoms with Crippen molar-refractivity contribution < 1.29 is 14.3 Å². The summed E-state index contributed by atoms with van der Waals surface area (Å²) in [6, 6.07) is 6.70. The van der Waals surface area contributed by atoms with Crippen molar-refractivity contribution in [2.75, 3.05) is 32.8 Å². The number of piperidine rings is 1. The number of carbonyl (C=O) groups excluding carboxylic acids is 2. The first kappa shape index (κ1) is 18.3. The molecule has 1 saturated heterocycles. The molecule has 1 fully saturated rings. The molecule has 0 atom stereocenters. The van der Waals surface area contributed by atoms with Crippen LogP contribution < -0.4 is 15.8 Å². The highest BCUT2D eigenvalue weighted by Crippen LogP contribution is 2.17. The lowest BCUT2D eigenvalue weighted by Gasteiger charge is -2.32. The maximum Gasteiger partial charge on any atom is 0.248 e. The molecular formula is C18H27N3O3. The Balaban J connectivity index is 1.70. The second-order valence-corrected chi connectivity index (χ2v) is 6.12. The molecule has 2 amide bonds. The molecule has 0 saturated carbocycles. The summed E-state index contributed by atoms with van der Waals surface area (Å²) in [4.78, 5) is 25.3. The molecular weight excluding hydrogens is 306 g/mol. The third-order valence-electron chi connectivity index (χ3n) is 4.35. The number of nitrogens with zero attached hydrogens (tertiary/aromatic N) is 1. The molecule has 6 nitrogen and oxygen atoms in total. The molecule has 0 radical (unpaired) electrons. The second-order valence-electron chi connectivity index (χ2n) is 6.12. The van der Waals surface area contributed by atoms with Crippen molar-refractivity contribution in [2.24, 2.45) is 11.7 Å². The third kappa shape index (κ3) is 5.53. The number of hydrogen-bond donors (Lipinski definition) is 2. The molecule has 0 aromatic heterocycles. The number of nitrogens with two attached hydrogens (primary N) is 1. The van der Waals surface area contributed by atoms with Gasteiger partial charge in [-0.25, -0.2) is 0 Å². The average molecular weight is 333 g/mol. The zero-order valence-corrected chi connectivity index (χ0v) is 14.3. The van der Waals surface area contributed by atoms with E-state index in [1.165, 1.54) is 0 Å². The van der Waals surface area contributed by atoms with Gasteiger partial charge >= 0.3 is 0 Å². The summed E-state index contributed by atoms with van der Waals surface area (Å²) >= 11 is 0. The van der Waals surface area contributed by atoms with E-state index in [0.29, 0.717) is 30.3 Å². The van der Waals surface area contributed by atoms with Crippen LogP contribution in [0.5, 0.6) is 5.75 Å². The molecule has 24 heavy (non-hydrogen) atoms. The van der Waals surface area contributed by atoms with Gasteiger partial charge < -0.3 is 20.7 Å². The molecule has 1 aromatic carbocycles. The number of likely N-dealkylation sites (tertiary alicyclic amines) is 1. The molecule has 0 unspecified atom stereocenters. The first-order chi connectivity index (χ1) is 11.6. The van der Waals surface area contributed by atoms with Crippen LogP contribution in [0.1, 0.15) is 36.5 Å². The zero-order valence-electron chi connectivity index (χ0n) is 14.3. The second kappa shape index (κ2) is 9.27. The van der Waals surface area contributed by atoms with E-state index in [1.54, 1.807) is 24.3 Å². The molecule has 3 N–H and O–H groups in total. The largest absolute Gasteiger partial charge is 0.493 e. The number of ether oxygens (including phenoxy) is 1. The molecule has 1 aliphatic rings. The van der Waals surface area contributed by atoms with Crippen LogP contribution in [-0.2, 0) is 4.79 Å². The maximum atomic E-state index is 12.2. The zero-order chi connectivity index (χ0) is 17.4. The van der Waals surface area contributed by atoms with Gasteiger partial charge in [-0.1, -0.05) is 13.0 Å². The van der Waals surface area contributed by atoms with Crippen molar-refractivity contribution in [2.45, 2.75) is 26.2 Å². The molecule has 6 heteroatoms. The van der Waals surface area contributed by atoms with E-state index in [1.807, 2.05) is 4.90 Å². The third-order valence-corrected chi connectivity index (χ3v) is 4.35. The lowest BCUT2D eigenvalue weighted by molar-refractivity contribution is -0.133. The van der Waals surface area contributed by atoms with Crippen LogP contribution in [0, 0.1) is 5.92 Å². The van der Waals surface area contributed by atoms with Gasteiger partial charge in [0.2, 0.25) is 11.8 Å². The Kier molecular flexibility index (Phi) is 7.06. The summed E-state index contributed by atoms with van der Waals surface area (Å²) in [6.07, 6.45) is 2.46. The minimum absolute atomic E-state index is 0.128. The van der Waals surface area contributed by atoms with Gasteiger partial charge in [0, 0.05) is 18.7 Å². The van der Waals surface area contributed by atoms with E-state index in [0.717, 1.165) is 39.0 Å². The van der Waals surface area contributed by atoms with E-state index in [-0.39, 0.29) is 5.91 Å².